The number of hydrogen-bond donors (Lipinski definition) is 2. The van der Waals surface area contributed by atoms with E-state index in [2.05, 4.69) is 25.9 Å². The predicted octanol–water partition coefficient (Wildman–Crippen LogP) is 2.95. The third kappa shape index (κ3) is 3.23. The summed E-state index contributed by atoms with van der Waals surface area (Å²) in [5.74, 6) is 0.165. The number of ether oxygens (including phenoxy) is 1. The number of carboxylic acids is 1. The van der Waals surface area contributed by atoms with Gasteiger partial charge in [-0.1, -0.05) is 15.9 Å². The summed E-state index contributed by atoms with van der Waals surface area (Å²) >= 11 is 3.40. The molecular weight excluding hydrogens is 312 g/mol. The Labute approximate surface area is 118 Å². The van der Waals surface area contributed by atoms with Crippen molar-refractivity contribution in [1.29, 1.82) is 0 Å². The molecule has 1 aromatic heterocycles. The van der Waals surface area contributed by atoms with Crippen LogP contribution < -0.4 is 4.74 Å². The highest BCUT2D eigenvalue weighted by atomic mass is 79.9. The number of benzene rings is 1. The monoisotopic (exact) mass is 322 g/mol. The molecule has 19 heavy (non-hydrogen) atoms. The van der Waals surface area contributed by atoms with E-state index in [1.54, 1.807) is 13.3 Å². The Kier molecular flexibility index (Phi) is 4.01. The first-order chi connectivity index (χ1) is 9.10. The summed E-state index contributed by atoms with van der Waals surface area (Å²) < 4.78 is 6.20. The van der Waals surface area contributed by atoms with E-state index in [0.717, 1.165) is 21.8 Å². The first-order valence-corrected chi connectivity index (χ1v) is 6.19. The summed E-state index contributed by atoms with van der Waals surface area (Å²) in [5.41, 5.74) is 1.60. The normalized spacial score (nSPS) is 10.8. The Morgan fingerprint density at radius 2 is 2.32 bits per heavy atom. The number of aromatic nitrogens is 2. The second-order valence-electron chi connectivity index (χ2n) is 3.70. The lowest BCUT2D eigenvalue weighted by molar-refractivity contribution is -0.131. The molecule has 0 saturated heterocycles. The Morgan fingerprint density at radius 3 is 3.00 bits per heavy atom. The number of methoxy groups -OCH3 is 1. The Bertz CT molecular complexity index is 635. The Hall–Kier alpha value is -2.08. The molecule has 0 atom stereocenters. The summed E-state index contributed by atoms with van der Waals surface area (Å²) in [6.07, 6.45) is 4.06. The zero-order valence-electron chi connectivity index (χ0n) is 10.1. The van der Waals surface area contributed by atoms with Crippen molar-refractivity contribution in [2.75, 3.05) is 7.11 Å². The fourth-order valence-electron chi connectivity index (χ4n) is 1.60. The molecule has 6 heteroatoms. The van der Waals surface area contributed by atoms with E-state index in [-0.39, 0.29) is 0 Å². The molecule has 0 spiro atoms. The molecule has 1 heterocycles. The average Bonchev–Trinajstić information content (AvgIpc) is 2.85. The molecule has 0 aliphatic carbocycles. The molecule has 0 bridgehead atoms. The van der Waals surface area contributed by atoms with Crippen LogP contribution in [0.5, 0.6) is 5.75 Å². The van der Waals surface area contributed by atoms with Gasteiger partial charge in [-0.05, 0) is 24.3 Å². The highest BCUT2D eigenvalue weighted by Crippen LogP contribution is 2.31. The van der Waals surface area contributed by atoms with Gasteiger partial charge in [-0.15, -0.1) is 0 Å². The number of H-pyrrole nitrogens is 1. The van der Waals surface area contributed by atoms with Crippen LogP contribution in [0.2, 0.25) is 0 Å². The van der Waals surface area contributed by atoms with Crippen LogP contribution in [-0.2, 0) is 4.79 Å². The SMILES string of the molecule is COc1ccc(Br)cc1-c1cnc(/C=C/C(=O)O)[nH]1. The molecule has 5 nitrogen and oxygen atoms in total. The highest BCUT2D eigenvalue weighted by molar-refractivity contribution is 9.10. The number of imidazole rings is 1. The zero-order chi connectivity index (χ0) is 13.8. The van der Waals surface area contributed by atoms with E-state index >= 15 is 0 Å². The van der Waals surface area contributed by atoms with Crippen LogP contribution >= 0.6 is 15.9 Å². The lowest BCUT2D eigenvalue weighted by atomic mass is 10.1. The van der Waals surface area contributed by atoms with Crippen molar-refractivity contribution >= 4 is 28.0 Å². The molecule has 2 rings (SSSR count). The van der Waals surface area contributed by atoms with E-state index < -0.39 is 5.97 Å². The topological polar surface area (TPSA) is 75.2 Å². The number of carbonyl (C=O) groups is 1. The van der Waals surface area contributed by atoms with Gasteiger partial charge in [-0.2, -0.15) is 0 Å². The van der Waals surface area contributed by atoms with Crippen molar-refractivity contribution in [2.45, 2.75) is 0 Å². The van der Waals surface area contributed by atoms with Gasteiger partial charge in [-0.25, -0.2) is 9.78 Å². The Balaban J connectivity index is 2.37. The van der Waals surface area contributed by atoms with Crippen molar-refractivity contribution in [2.24, 2.45) is 0 Å². The van der Waals surface area contributed by atoms with Gasteiger partial charge in [0.05, 0.1) is 19.0 Å². The standard InChI is InChI=1S/C13H11BrN2O3/c1-19-11-3-2-8(14)6-9(11)10-7-15-12(16-10)4-5-13(17)18/h2-7H,1H3,(H,15,16)(H,17,18)/b5-4+. The van der Waals surface area contributed by atoms with Gasteiger partial charge in [-0.3, -0.25) is 0 Å². The number of aromatic amines is 1. The van der Waals surface area contributed by atoms with Crippen LogP contribution in [-0.4, -0.2) is 28.2 Å². The number of aliphatic carboxylic acids is 1. The van der Waals surface area contributed by atoms with E-state index in [1.165, 1.54) is 6.08 Å². The van der Waals surface area contributed by atoms with Gasteiger partial charge in [0.2, 0.25) is 0 Å². The van der Waals surface area contributed by atoms with Crippen LogP contribution in [0, 0.1) is 0 Å². The smallest absolute Gasteiger partial charge is 0.328 e. The maximum Gasteiger partial charge on any atom is 0.328 e. The second-order valence-corrected chi connectivity index (χ2v) is 4.61. The summed E-state index contributed by atoms with van der Waals surface area (Å²) in [4.78, 5) is 17.6. The van der Waals surface area contributed by atoms with E-state index in [0.29, 0.717) is 11.6 Å². The van der Waals surface area contributed by atoms with E-state index in [9.17, 15) is 4.79 Å². The third-order valence-electron chi connectivity index (χ3n) is 2.43. The van der Waals surface area contributed by atoms with Gasteiger partial charge in [0.25, 0.3) is 0 Å². The maximum absolute atomic E-state index is 10.4. The van der Waals surface area contributed by atoms with Crippen molar-refractivity contribution in [1.82, 2.24) is 9.97 Å². The van der Waals surface area contributed by atoms with Crippen LogP contribution in [0.15, 0.2) is 34.9 Å². The van der Waals surface area contributed by atoms with Crippen LogP contribution in [0.1, 0.15) is 5.82 Å². The second kappa shape index (κ2) is 5.71. The van der Waals surface area contributed by atoms with Crippen molar-refractivity contribution in [3.8, 4) is 17.0 Å². The predicted molar refractivity (Wildman–Crippen MR) is 74.9 cm³/mol. The molecule has 0 radical (unpaired) electrons. The molecule has 0 saturated carbocycles. The molecule has 2 N–H and O–H groups in total. The summed E-state index contributed by atoms with van der Waals surface area (Å²) in [6.45, 7) is 0. The fraction of sp³-hybridized carbons (Fsp3) is 0.0769. The lowest BCUT2D eigenvalue weighted by Crippen LogP contribution is -1.88. The molecule has 0 aliphatic heterocycles. The largest absolute Gasteiger partial charge is 0.496 e. The number of rotatable bonds is 4. The molecule has 0 fully saturated rings. The highest BCUT2D eigenvalue weighted by Gasteiger charge is 2.09. The number of hydrogen-bond acceptors (Lipinski definition) is 3. The fourth-order valence-corrected chi connectivity index (χ4v) is 1.96. The van der Waals surface area contributed by atoms with Gasteiger partial charge < -0.3 is 14.8 Å². The molecule has 0 aliphatic rings. The van der Waals surface area contributed by atoms with Crippen LogP contribution in [0.3, 0.4) is 0 Å². The zero-order valence-corrected chi connectivity index (χ0v) is 11.6. The third-order valence-corrected chi connectivity index (χ3v) is 2.92. The minimum atomic E-state index is -1.02. The van der Waals surface area contributed by atoms with Crippen molar-refractivity contribution in [3.05, 3.63) is 40.8 Å². The molecular formula is C13H11BrN2O3. The summed E-state index contributed by atoms with van der Waals surface area (Å²) in [7, 11) is 1.59. The maximum atomic E-state index is 10.4. The van der Waals surface area contributed by atoms with Crippen LogP contribution in [0.25, 0.3) is 17.3 Å². The van der Waals surface area contributed by atoms with Gasteiger partial charge in [0.15, 0.2) is 0 Å². The van der Waals surface area contributed by atoms with Gasteiger partial charge in [0, 0.05) is 16.1 Å². The average molecular weight is 323 g/mol. The van der Waals surface area contributed by atoms with Crippen molar-refractivity contribution < 1.29 is 14.6 Å². The van der Waals surface area contributed by atoms with Gasteiger partial charge in [0.1, 0.15) is 11.6 Å². The quantitative estimate of drug-likeness (QED) is 0.848. The first kappa shape index (κ1) is 13.4. The lowest BCUT2D eigenvalue weighted by Gasteiger charge is -2.06. The number of carboxylic acid groups (broad SMARTS) is 1. The Morgan fingerprint density at radius 1 is 1.53 bits per heavy atom. The number of nitrogens with zero attached hydrogens (tertiary/aromatic N) is 1. The molecule has 2 aromatic rings. The van der Waals surface area contributed by atoms with Gasteiger partial charge >= 0.3 is 5.97 Å². The minimum Gasteiger partial charge on any atom is -0.496 e. The summed E-state index contributed by atoms with van der Waals surface area (Å²) in [5, 5.41) is 8.56. The number of nitrogens with one attached hydrogen (secondary N) is 1. The molecule has 0 unspecified atom stereocenters. The van der Waals surface area contributed by atoms with E-state index in [1.807, 2.05) is 18.2 Å². The van der Waals surface area contributed by atoms with Crippen molar-refractivity contribution in [3.63, 3.8) is 0 Å². The van der Waals surface area contributed by atoms with E-state index in [4.69, 9.17) is 9.84 Å². The van der Waals surface area contributed by atoms with Crippen LogP contribution in [0.4, 0.5) is 0 Å². The minimum absolute atomic E-state index is 0.472. The molecule has 98 valence electrons. The number of halogens is 1. The molecule has 1 aromatic carbocycles. The molecule has 0 amide bonds. The first-order valence-electron chi connectivity index (χ1n) is 5.40. The summed E-state index contributed by atoms with van der Waals surface area (Å²) in [6, 6.07) is 5.62.